The van der Waals surface area contributed by atoms with E-state index >= 15 is 0 Å². The predicted octanol–water partition coefficient (Wildman–Crippen LogP) is 2.91. The van der Waals surface area contributed by atoms with Crippen molar-refractivity contribution in [1.82, 2.24) is 19.9 Å². The normalized spacial score (nSPS) is 25.6. The Morgan fingerprint density at radius 2 is 2.08 bits per heavy atom. The molecule has 0 spiro atoms. The zero-order chi connectivity index (χ0) is 17.2. The molecule has 1 aliphatic heterocycles. The molecule has 0 aromatic carbocycles. The number of rotatable bonds is 3. The van der Waals surface area contributed by atoms with Crippen molar-refractivity contribution in [2.45, 2.75) is 32.6 Å². The van der Waals surface area contributed by atoms with Gasteiger partial charge in [0.25, 0.3) is 5.91 Å². The molecule has 1 amide bonds. The number of fused-ring (bicyclic) bond motifs is 1. The van der Waals surface area contributed by atoms with Crippen LogP contribution in [0, 0.1) is 24.7 Å². The van der Waals surface area contributed by atoms with Crippen LogP contribution in [0.5, 0.6) is 0 Å². The quantitative estimate of drug-likeness (QED) is 0.865. The van der Waals surface area contributed by atoms with Gasteiger partial charge in [0.05, 0.1) is 11.3 Å². The largest absolute Gasteiger partial charge is 0.338 e. The lowest BCUT2D eigenvalue weighted by Crippen LogP contribution is -2.30. The molecule has 1 saturated heterocycles. The molecule has 0 N–H and O–H groups in total. The molecule has 25 heavy (non-hydrogen) atoms. The van der Waals surface area contributed by atoms with E-state index in [1.54, 1.807) is 18.6 Å². The average molecular weight is 336 g/mol. The third kappa shape index (κ3) is 3.41. The summed E-state index contributed by atoms with van der Waals surface area (Å²) in [5.74, 6) is 1.93. The van der Waals surface area contributed by atoms with Gasteiger partial charge in [-0.2, -0.15) is 0 Å². The molecule has 1 saturated carbocycles. The van der Waals surface area contributed by atoms with Crippen LogP contribution in [0.4, 0.5) is 0 Å². The molecule has 5 nitrogen and oxygen atoms in total. The molecule has 2 fully saturated rings. The molecule has 0 radical (unpaired) electrons. The van der Waals surface area contributed by atoms with Crippen molar-refractivity contribution in [1.29, 1.82) is 0 Å². The fraction of sp³-hybridized carbons (Fsp3) is 0.500. The number of likely N-dealkylation sites (tertiary alicyclic amines) is 1. The van der Waals surface area contributed by atoms with Gasteiger partial charge in [0.2, 0.25) is 0 Å². The monoisotopic (exact) mass is 336 g/mol. The summed E-state index contributed by atoms with van der Waals surface area (Å²) < 4.78 is 0. The maximum Gasteiger partial charge on any atom is 0.255 e. The lowest BCUT2D eigenvalue weighted by atomic mass is 9.72. The summed E-state index contributed by atoms with van der Waals surface area (Å²) in [6, 6.07) is 3.80. The van der Waals surface area contributed by atoms with Crippen LogP contribution in [0.1, 0.15) is 41.0 Å². The second kappa shape index (κ2) is 6.90. The van der Waals surface area contributed by atoms with Crippen molar-refractivity contribution in [2.75, 3.05) is 13.1 Å². The fourth-order valence-corrected chi connectivity index (χ4v) is 4.49. The highest BCUT2D eigenvalue weighted by Gasteiger charge is 2.41. The molecule has 5 heteroatoms. The van der Waals surface area contributed by atoms with Gasteiger partial charge in [-0.15, -0.1) is 0 Å². The van der Waals surface area contributed by atoms with Crippen LogP contribution >= 0.6 is 0 Å². The van der Waals surface area contributed by atoms with Gasteiger partial charge in [-0.3, -0.25) is 19.7 Å². The Kier molecular flexibility index (Phi) is 4.47. The summed E-state index contributed by atoms with van der Waals surface area (Å²) in [6.07, 6.45) is 11.8. The van der Waals surface area contributed by atoms with E-state index in [1.165, 1.54) is 19.3 Å². The number of pyridine rings is 1. The number of hydrogen-bond donors (Lipinski definition) is 0. The standard InChI is InChI=1S/C20H24N4O/c1-14-5-6-16(10-23-14)20(25)24-12-17-4-2-3-15(19(17)13-24)9-18-11-21-7-8-22-18/h5-8,10-11,15,17,19H,2-4,9,12-13H2,1H3/t15-,17-,19-/m1/s1. The second-order valence-corrected chi connectivity index (χ2v) is 7.41. The summed E-state index contributed by atoms with van der Waals surface area (Å²) in [5.41, 5.74) is 2.71. The van der Waals surface area contributed by atoms with Crippen molar-refractivity contribution < 1.29 is 4.79 Å². The van der Waals surface area contributed by atoms with Crippen LogP contribution in [-0.4, -0.2) is 38.8 Å². The second-order valence-electron chi connectivity index (χ2n) is 7.41. The fourth-order valence-electron chi connectivity index (χ4n) is 4.49. The first-order chi connectivity index (χ1) is 12.2. The van der Waals surface area contributed by atoms with E-state index in [0.29, 0.717) is 23.3 Å². The minimum atomic E-state index is 0.125. The number of hydrogen-bond acceptors (Lipinski definition) is 4. The van der Waals surface area contributed by atoms with E-state index in [-0.39, 0.29) is 5.91 Å². The average Bonchev–Trinajstić information content (AvgIpc) is 3.08. The zero-order valence-corrected chi connectivity index (χ0v) is 14.6. The third-order valence-electron chi connectivity index (χ3n) is 5.78. The molecule has 2 aromatic heterocycles. The lowest BCUT2D eigenvalue weighted by molar-refractivity contribution is 0.0781. The molecule has 2 aromatic rings. The summed E-state index contributed by atoms with van der Waals surface area (Å²) in [4.78, 5) is 27.8. The first-order valence-electron chi connectivity index (χ1n) is 9.17. The summed E-state index contributed by atoms with van der Waals surface area (Å²) in [7, 11) is 0. The van der Waals surface area contributed by atoms with E-state index in [9.17, 15) is 4.79 Å². The Morgan fingerprint density at radius 1 is 1.16 bits per heavy atom. The molecule has 3 heterocycles. The maximum absolute atomic E-state index is 12.8. The van der Waals surface area contributed by atoms with Gasteiger partial charge in [0.15, 0.2) is 0 Å². The van der Waals surface area contributed by atoms with Crippen molar-refractivity contribution in [3.05, 3.63) is 53.9 Å². The number of aryl methyl sites for hydroxylation is 1. The topological polar surface area (TPSA) is 59.0 Å². The van der Waals surface area contributed by atoms with Gasteiger partial charge >= 0.3 is 0 Å². The van der Waals surface area contributed by atoms with Gasteiger partial charge < -0.3 is 4.90 Å². The lowest BCUT2D eigenvalue weighted by Gasteiger charge is -2.32. The van der Waals surface area contributed by atoms with Gasteiger partial charge in [-0.25, -0.2) is 0 Å². The molecule has 4 rings (SSSR count). The van der Waals surface area contributed by atoms with Crippen LogP contribution in [0.15, 0.2) is 36.9 Å². The molecule has 0 unspecified atom stereocenters. The Bertz CT molecular complexity index is 731. The van der Waals surface area contributed by atoms with Crippen LogP contribution in [-0.2, 0) is 6.42 Å². The number of amides is 1. The number of nitrogens with zero attached hydrogens (tertiary/aromatic N) is 4. The minimum Gasteiger partial charge on any atom is -0.338 e. The van der Waals surface area contributed by atoms with E-state index in [1.807, 2.05) is 30.2 Å². The molecular weight excluding hydrogens is 312 g/mol. The number of carbonyl (C=O) groups excluding carboxylic acids is 1. The summed E-state index contributed by atoms with van der Waals surface area (Å²) in [5, 5.41) is 0. The van der Waals surface area contributed by atoms with Crippen LogP contribution < -0.4 is 0 Å². The van der Waals surface area contributed by atoms with Crippen LogP contribution in [0.25, 0.3) is 0 Å². The Balaban J connectivity index is 1.47. The minimum absolute atomic E-state index is 0.125. The van der Waals surface area contributed by atoms with E-state index in [2.05, 4.69) is 15.0 Å². The molecule has 2 aliphatic rings. The van der Waals surface area contributed by atoms with Crippen LogP contribution in [0.2, 0.25) is 0 Å². The molecule has 130 valence electrons. The maximum atomic E-state index is 12.8. The highest BCUT2D eigenvalue weighted by Crippen LogP contribution is 2.41. The SMILES string of the molecule is Cc1ccc(C(=O)N2C[C@H]3CCC[C@H](Cc4cnccn4)[C@H]3C2)cn1. The van der Waals surface area contributed by atoms with E-state index in [4.69, 9.17) is 0 Å². The highest BCUT2D eigenvalue weighted by atomic mass is 16.2. The molecule has 1 aliphatic carbocycles. The third-order valence-corrected chi connectivity index (χ3v) is 5.78. The first-order valence-corrected chi connectivity index (χ1v) is 9.17. The van der Waals surface area contributed by atoms with Gasteiger partial charge in [-0.1, -0.05) is 6.42 Å². The van der Waals surface area contributed by atoms with Crippen molar-refractivity contribution >= 4 is 5.91 Å². The summed E-state index contributed by atoms with van der Waals surface area (Å²) >= 11 is 0. The molecule has 3 atom stereocenters. The molecular formula is C20H24N4O. The molecule has 0 bridgehead atoms. The van der Waals surface area contributed by atoms with E-state index in [0.717, 1.165) is 30.9 Å². The smallest absolute Gasteiger partial charge is 0.255 e. The van der Waals surface area contributed by atoms with Crippen molar-refractivity contribution in [2.24, 2.45) is 17.8 Å². The predicted molar refractivity (Wildman–Crippen MR) is 94.9 cm³/mol. The van der Waals surface area contributed by atoms with Crippen molar-refractivity contribution in [3.63, 3.8) is 0 Å². The van der Waals surface area contributed by atoms with Gasteiger partial charge in [-0.05, 0) is 56.1 Å². The summed E-state index contributed by atoms with van der Waals surface area (Å²) in [6.45, 7) is 3.69. The highest BCUT2D eigenvalue weighted by molar-refractivity contribution is 5.94. The van der Waals surface area contributed by atoms with Crippen LogP contribution in [0.3, 0.4) is 0 Å². The Morgan fingerprint density at radius 3 is 2.84 bits per heavy atom. The zero-order valence-electron chi connectivity index (χ0n) is 14.6. The Hall–Kier alpha value is -2.30. The first kappa shape index (κ1) is 16.2. The van der Waals surface area contributed by atoms with Gasteiger partial charge in [0.1, 0.15) is 0 Å². The Labute approximate surface area is 148 Å². The number of carbonyl (C=O) groups is 1. The number of aromatic nitrogens is 3. The van der Waals surface area contributed by atoms with Gasteiger partial charge in [0, 0.05) is 43.6 Å². The van der Waals surface area contributed by atoms with E-state index < -0.39 is 0 Å². The van der Waals surface area contributed by atoms with Crippen molar-refractivity contribution in [3.8, 4) is 0 Å².